The summed E-state index contributed by atoms with van der Waals surface area (Å²) in [5.41, 5.74) is 2.65. The van der Waals surface area contributed by atoms with Gasteiger partial charge in [0.15, 0.2) is 0 Å². The maximum Gasteiger partial charge on any atom is 0.229 e. The van der Waals surface area contributed by atoms with Gasteiger partial charge in [-0.2, -0.15) is 5.26 Å². The van der Waals surface area contributed by atoms with Crippen LogP contribution < -0.4 is 10.2 Å². The number of nitrogens with one attached hydrogen (secondary N) is 1. The SMILES string of the molecule is Cc1ccc(N2CC(C(=O)Nc3cccc(C#N)c3)CC2=O)cc1Cl. The van der Waals surface area contributed by atoms with Crippen LogP contribution in [0.2, 0.25) is 5.02 Å². The van der Waals surface area contributed by atoms with E-state index in [-0.39, 0.29) is 18.2 Å². The Kier molecular flexibility index (Phi) is 4.73. The first-order valence-corrected chi connectivity index (χ1v) is 8.23. The molecule has 1 unspecified atom stereocenters. The zero-order valence-corrected chi connectivity index (χ0v) is 14.4. The van der Waals surface area contributed by atoms with Gasteiger partial charge < -0.3 is 10.2 Å². The number of hydrogen-bond donors (Lipinski definition) is 1. The lowest BCUT2D eigenvalue weighted by atomic mass is 10.1. The van der Waals surface area contributed by atoms with Crippen molar-refractivity contribution in [2.45, 2.75) is 13.3 Å². The maximum absolute atomic E-state index is 12.5. The summed E-state index contributed by atoms with van der Waals surface area (Å²) in [5.74, 6) is -0.784. The Morgan fingerprint density at radius 3 is 2.84 bits per heavy atom. The molecule has 0 spiro atoms. The number of carbonyl (C=O) groups excluding carboxylic acids is 2. The molecule has 0 saturated carbocycles. The van der Waals surface area contributed by atoms with Gasteiger partial charge in [0, 0.05) is 29.4 Å². The molecule has 126 valence electrons. The zero-order valence-electron chi connectivity index (χ0n) is 13.6. The molecule has 1 aliphatic rings. The van der Waals surface area contributed by atoms with E-state index < -0.39 is 5.92 Å². The first kappa shape index (κ1) is 17.0. The Hall–Kier alpha value is -2.84. The van der Waals surface area contributed by atoms with Crippen LogP contribution in [0.5, 0.6) is 0 Å². The third-order valence-electron chi connectivity index (χ3n) is 4.22. The molecule has 1 N–H and O–H groups in total. The summed E-state index contributed by atoms with van der Waals surface area (Å²) in [6.07, 6.45) is 0.148. The minimum Gasteiger partial charge on any atom is -0.326 e. The number of anilines is 2. The van der Waals surface area contributed by atoms with E-state index in [0.29, 0.717) is 28.5 Å². The van der Waals surface area contributed by atoms with Gasteiger partial charge in [-0.3, -0.25) is 9.59 Å². The fourth-order valence-corrected chi connectivity index (χ4v) is 2.97. The van der Waals surface area contributed by atoms with Crippen LogP contribution in [0, 0.1) is 24.2 Å². The summed E-state index contributed by atoms with van der Waals surface area (Å²) in [5, 5.41) is 12.3. The molecule has 0 aliphatic carbocycles. The number of nitrogens with zero attached hydrogens (tertiary/aromatic N) is 2. The molecule has 25 heavy (non-hydrogen) atoms. The van der Waals surface area contributed by atoms with E-state index >= 15 is 0 Å². The second kappa shape index (κ2) is 6.96. The van der Waals surface area contributed by atoms with E-state index in [9.17, 15) is 9.59 Å². The van der Waals surface area contributed by atoms with Gasteiger partial charge in [0.2, 0.25) is 11.8 Å². The lowest BCUT2D eigenvalue weighted by Crippen LogP contribution is -2.28. The summed E-state index contributed by atoms with van der Waals surface area (Å²) in [4.78, 5) is 26.3. The average Bonchev–Trinajstić information content (AvgIpc) is 2.99. The Morgan fingerprint density at radius 1 is 1.32 bits per heavy atom. The highest BCUT2D eigenvalue weighted by atomic mass is 35.5. The standard InChI is InChI=1S/C19H16ClN3O2/c1-12-5-6-16(9-17(12)20)23-11-14(8-18(23)24)19(25)22-15-4-2-3-13(7-15)10-21/h2-7,9,14H,8,11H2,1H3,(H,22,25). The van der Waals surface area contributed by atoms with Gasteiger partial charge in [0.05, 0.1) is 17.6 Å². The minimum absolute atomic E-state index is 0.106. The van der Waals surface area contributed by atoms with Crippen molar-refractivity contribution in [3.05, 3.63) is 58.6 Å². The van der Waals surface area contributed by atoms with Crippen LogP contribution in [0.25, 0.3) is 0 Å². The number of benzene rings is 2. The molecular formula is C19H16ClN3O2. The summed E-state index contributed by atoms with van der Waals surface area (Å²) >= 11 is 6.13. The van der Waals surface area contributed by atoms with Crippen molar-refractivity contribution in [1.82, 2.24) is 0 Å². The minimum atomic E-state index is -0.446. The molecule has 5 nitrogen and oxygen atoms in total. The molecule has 0 bridgehead atoms. The highest BCUT2D eigenvalue weighted by molar-refractivity contribution is 6.31. The first-order valence-electron chi connectivity index (χ1n) is 7.85. The Labute approximate surface area is 150 Å². The summed E-state index contributed by atoms with van der Waals surface area (Å²) in [6, 6.07) is 14.1. The number of nitriles is 1. The van der Waals surface area contributed by atoms with Crippen molar-refractivity contribution in [2.24, 2.45) is 5.92 Å². The molecule has 1 fully saturated rings. The number of halogens is 1. The molecule has 6 heteroatoms. The van der Waals surface area contributed by atoms with Crippen molar-refractivity contribution in [3.8, 4) is 6.07 Å². The number of carbonyl (C=O) groups is 2. The third kappa shape index (κ3) is 3.65. The molecule has 1 heterocycles. The van der Waals surface area contributed by atoms with Gasteiger partial charge in [0.1, 0.15) is 0 Å². The van der Waals surface area contributed by atoms with E-state index in [1.165, 1.54) is 0 Å². The quantitative estimate of drug-likeness (QED) is 0.917. The highest BCUT2D eigenvalue weighted by Crippen LogP contribution is 2.29. The van der Waals surface area contributed by atoms with Crippen LogP contribution in [-0.4, -0.2) is 18.4 Å². The van der Waals surface area contributed by atoms with Crippen molar-refractivity contribution < 1.29 is 9.59 Å². The monoisotopic (exact) mass is 353 g/mol. The van der Waals surface area contributed by atoms with Crippen LogP contribution >= 0.6 is 11.6 Å². The summed E-state index contributed by atoms with van der Waals surface area (Å²) < 4.78 is 0. The zero-order chi connectivity index (χ0) is 18.0. The molecule has 2 aromatic rings. The second-order valence-corrected chi connectivity index (χ2v) is 6.43. The van der Waals surface area contributed by atoms with Crippen molar-refractivity contribution in [1.29, 1.82) is 5.26 Å². The normalized spacial score (nSPS) is 16.6. The predicted octanol–water partition coefficient (Wildman–Crippen LogP) is 3.51. The molecule has 2 amide bonds. The predicted molar refractivity (Wildman–Crippen MR) is 96.4 cm³/mol. The number of aryl methyl sites for hydroxylation is 1. The van der Waals surface area contributed by atoms with Gasteiger partial charge in [-0.1, -0.05) is 23.7 Å². The molecule has 1 saturated heterocycles. The van der Waals surface area contributed by atoms with Gasteiger partial charge in [-0.05, 0) is 42.8 Å². The fourth-order valence-electron chi connectivity index (χ4n) is 2.79. The van der Waals surface area contributed by atoms with Crippen LogP contribution in [0.4, 0.5) is 11.4 Å². The van der Waals surface area contributed by atoms with Crippen molar-refractivity contribution >= 4 is 34.8 Å². The Balaban J connectivity index is 1.72. The van der Waals surface area contributed by atoms with Crippen molar-refractivity contribution in [3.63, 3.8) is 0 Å². The Bertz CT molecular complexity index is 888. The van der Waals surface area contributed by atoms with Crippen LogP contribution in [0.1, 0.15) is 17.5 Å². The number of hydrogen-bond acceptors (Lipinski definition) is 3. The Morgan fingerprint density at radius 2 is 2.12 bits per heavy atom. The molecule has 1 atom stereocenters. The van der Waals surface area contributed by atoms with Crippen LogP contribution in [0.15, 0.2) is 42.5 Å². The van der Waals surface area contributed by atoms with Crippen molar-refractivity contribution in [2.75, 3.05) is 16.8 Å². The fraction of sp³-hybridized carbons (Fsp3) is 0.211. The molecule has 3 rings (SSSR count). The van der Waals surface area contributed by atoms with Gasteiger partial charge >= 0.3 is 0 Å². The molecule has 2 aromatic carbocycles. The molecule has 0 aromatic heterocycles. The third-order valence-corrected chi connectivity index (χ3v) is 4.63. The largest absolute Gasteiger partial charge is 0.326 e. The second-order valence-electron chi connectivity index (χ2n) is 6.02. The van der Waals surface area contributed by atoms with Crippen LogP contribution in [0.3, 0.4) is 0 Å². The van der Waals surface area contributed by atoms with E-state index in [4.69, 9.17) is 16.9 Å². The molecular weight excluding hydrogens is 338 g/mol. The van der Waals surface area contributed by atoms with Gasteiger partial charge in [0.25, 0.3) is 0 Å². The highest BCUT2D eigenvalue weighted by Gasteiger charge is 2.35. The van der Waals surface area contributed by atoms with Gasteiger partial charge in [-0.25, -0.2) is 0 Å². The van der Waals surface area contributed by atoms with Gasteiger partial charge in [-0.15, -0.1) is 0 Å². The average molecular weight is 354 g/mol. The summed E-state index contributed by atoms with van der Waals surface area (Å²) in [6.45, 7) is 2.20. The van der Waals surface area contributed by atoms with E-state index in [1.807, 2.05) is 25.1 Å². The smallest absolute Gasteiger partial charge is 0.229 e. The van der Waals surface area contributed by atoms with Crippen LogP contribution in [-0.2, 0) is 9.59 Å². The lowest BCUT2D eigenvalue weighted by Gasteiger charge is -2.17. The molecule has 1 aliphatic heterocycles. The topological polar surface area (TPSA) is 73.2 Å². The lowest BCUT2D eigenvalue weighted by molar-refractivity contribution is -0.122. The molecule has 0 radical (unpaired) electrons. The summed E-state index contributed by atoms with van der Waals surface area (Å²) in [7, 11) is 0. The van der Waals surface area contributed by atoms with E-state index in [1.54, 1.807) is 35.2 Å². The number of rotatable bonds is 3. The first-order chi connectivity index (χ1) is 12.0. The number of amides is 2. The van der Waals surface area contributed by atoms with E-state index in [0.717, 1.165) is 5.56 Å². The van der Waals surface area contributed by atoms with E-state index in [2.05, 4.69) is 5.32 Å². The maximum atomic E-state index is 12.5.